The van der Waals surface area contributed by atoms with Crippen molar-refractivity contribution >= 4 is 44.9 Å². The molecule has 0 aliphatic heterocycles. The van der Waals surface area contributed by atoms with Gasteiger partial charge in [0.15, 0.2) is 5.11 Å². The van der Waals surface area contributed by atoms with Crippen LogP contribution in [0.2, 0.25) is 0 Å². The Kier molecular flexibility index (Phi) is 6.30. The van der Waals surface area contributed by atoms with E-state index in [4.69, 9.17) is 12.2 Å². The zero-order valence-electron chi connectivity index (χ0n) is 13.1. The number of benzene rings is 2. The summed E-state index contributed by atoms with van der Waals surface area (Å²) in [5.74, 6) is 0.187. The number of rotatable bonds is 4. The first-order valence-electron chi connectivity index (χ1n) is 7.48. The lowest BCUT2D eigenvalue weighted by molar-refractivity contribution is 0.0977. The number of nitrogens with one attached hydrogen (secondary N) is 2. The topological polar surface area (TPSA) is 41.1 Å². The van der Waals surface area contributed by atoms with Crippen molar-refractivity contribution in [1.82, 2.24) is 5.32 Å². The third-order valence-electron chi connectivity index (χ3n) is 3.67. The molecule has 0 fully saturated rings. The minimum atomic E-state index is -0.232. The van der Waals surface area contributed by atoms with E-state index in [0.717, 1.165) is 16.6 Å². The second-order valence-electron chi connectivity index (χ2n) is 5.32. The van der Waals surface area contributed by atoms with Crippen LogP contribution in [0.1, 0.15) is 42.1 Å². The fourth-order valence-electron chi connectivity index (χ4n) is 2.22. The lowest BCUT2D eigenvalue weighted by Crippen LogP contribution is -2.34. The highest BCUT2D eigenvalue weighted by Crippen LogP contribution is 2.26. The minimum absolute atomic E-state index is 0.232. The van der Waals surface area contributed by atoms with Gasteiger partial charge in [-0.05, 0) is 54.4 Å². The molecule has 5 heteroatoms. The van der Waals surface area contributed by atoms with Crippen LogP contribution in [0, 0.1) is 0 Å². The smallest absolute Gasteiger partial charge is 0.257 e. The maximum atomic E-state index is 12.2. The van der Waals surface area contributed by atoms with Crippen LogP contribution in [0.5, 0.6) is 0 Å². The Labute approximate surface area is 150 Å². The number of para-hydroxylation sites is 1. The predicted molar refractivity (Wildman–Crippen MR) is 103 cm³/mol. The number of carbonyl (C=O) groups is 1. The number of hydrogen-bond donors (Lipinski definition) is 2. The van der Waals surface area contributed by atoms with Gasteiger partial charge in [0.25, 0.3) is 5.91 Å². The van der Waals surface area contributed by atoms with Gasteiger partial charge < -0.3 is 5.32 Å². The normalized spacial score (nSPS) is 11.6. The molecule has 2 N–H and O–H groups in total. The zero-order chi connectivity index (χ0) is 16.8. The second-order valence-corrected chi connectivity index (χ2v) is 6.64. The largest absolute Gasteiger partial charge is 0.332 e. The Morgan fingerprint density at radius 2 is 1.96 bits per heavy atom. The Hall–Kier alpha value is -1.72. The lowest BCUT2D eigenvalue weighted by atomic mass is 9.97. The molecule has 0 heterocycles. The number of thiocarbonyl (C=S) groups is 1. The summed E-state index contributed by atoms with van der Waals surface area (Å²) in [6.07, 6.45) is 1.04. The van der Waals surface area contributed by atoms with Crippen molar-refractivity contribution in [3.05, 3.63) is 64.1 Å². The van der Waals surface area contributed by atoms with Gasteiger partial charge in [0.2, 0.25) is 0 Å². The van der Waals surface area contributed by atoms with E-state index in [0.29, 0.717) is 16.6 Å². The molecule has 1 atom stereocenters. The molecule has 1 amide bonds. The lowest BCUT2D eigenvalue weighted by Gasteiger charge is -2.17. The van der Waals surface area contributed by atoms with Gasteiger partial charge in [-0.15, -0.1) is 0 Å². The molecule has 23 heavy (non-hydrogen) atoms. The van der Waals surface area contributed by atoms with Crippen LogP contribution >= 0.6 is 28.1 Å². The van der Waals surface area contributed by atoms with Gasteiger partial charge in [-0.25, -0.2) is 0 Å². The van der Waals surface area contributed by atoms with E-state index in [1.807, 2.05) is 30.3 Å². The Morgan fingerprint density at radius 3 is 2.65 bits per heavy atom. The Balaban J connectivity index is 2.07. The number of carbonyl (C=O) groups excluding carboxylic acids is 1. The van der Waals surface area contributed by atoms with Crippen LogP contribution in [0.3, 0.4) is 0 Å². The molecule has 0 aromatic heterocycles. The average Bonchev–Trinajstić information content (AvgIpc) is 2.54. The molecule has 1 unspecified atom stereocenters. The quantitative estimate of drug-likeness (QED) is 0.714. The van der Waals surface area contributed by atoms with Gasteiger partial charge in [-0.3, -0.25) is 10.1 Å². The van der Waals surface area contributed by atoms with E-state index >= 15 is 0 Å². The molecule has 0 saturated heterocycles. The van der Waals surface area contributed by atoms with Gasteiger partial charge in [0, 0.05) is 15.7 Å². The van der Waals surface area contributed by atoms with E-state index < -0.39 is 0 Å². The van der Waals surface area contributed by atoms with E-state index in [2.05, 4.69) is 46.5 Å². The summed E-state index contributed by atoms with van der Waals surface area (Å²) >= 11 is 8.63. The molecule has 0 aliphatic rings. The van der Waals surface area contributed by atoms with Gasteiger partial charge >= 0.3 is 0 Å². The zero-order valence-corrected chi connectivity index (χ0v) is 15.5. The minimum Gasteiger partial charge on any atom is -0.332 e. The number of anilines is 1. The Morgan fingerprint density at radius 1 is 1.22 bits per heavy atom. The SMILES string of the molecule is CCC(C)c1ccccc1NC(=S)NC(=O)c1cccc(Br)c1. The highest BCUT2D eigenvalue weighted by atomic mass is 79.9. The van der Waals surface area contributed by atoms with E-state index in [9.17, 15) is 4.79 Å². The molecule has 0 spiro atoms. The molecule has 0 bridgehead atoms. The second kappa shape index (κ2) is 8.22. The molecule has 2 aromatic carbocycles. The van der Waals surface area contributed by atoms with Gasteiger partial charge in [-0.2, -0.15) is 0 Å². The standard InChI is InChI=1S/C18H19BrN2OS/c1-3-12(2)15-9-4-5-10-16(15)20-18(23)21-17(22)13-7-6-8-14(19)11-13/h4-12H,3H2,1-2H3,(H2,20,21,22,23). The maximum Gasteiger partial charge on any atom is 0.257 e. The molecule has 120 valence electrons. The number of hydrogen-bond acceptors (Lipinski definition) is 2. The predicted octanol–water partition coefficient (Wildman–Crippen LogP) is 5.09. The fourth-order valence-corrected chi connectivity index (χ4v) is 2.82. The highest BCUT2D eigenvalue weighted by Gasteiger charge is 2.12. The first-order chi connectivity index (χ1) is 11.0. The van der Waals surface area contributed by atoms with Crippen molar-refractivity contribution in [2.75, 3.05) is 5.32 Å². The summed E-state index contributed by atoms with van der Waals surface area (Å²) in [7, 11) is 0. The number of halogens is 1. The molecule has 0 saturated carbocycles. The van der Waals surface area contributed by atoms with Crippen molar-refractivity contribution in [3.8, 4) is 0 Å². The summed E-state index contributed by atoms with van der Waals surface area (Å²) in [5.41, 5.74) is 2.68. The molecule has 0 aliphatic carbocycles. The monoisotopic (exact) mass is 390 g/mol. The third kappa shape index (κ3) is 4.88. The van der Waals surface area contributed by atoms with Crippen LogP contribution in [0.15, 0.2) is 53.0 Å². The molecule has 0 radical (unpaired) electrons. The van der Waals surface area contributed by atoms with Crippen molar-refractivity contribution in [2.45, 2.75) is 26.2 Å². The highest BCUT2D eigenvalue weighted by molar-refractivity contribution is 9.10. The van der Waals surface area contributed by atoms with Crippen LogP contribution < -0.4 is 10.6 Å². The van der Waals surface area contributed by atoms with E-state index in [1.54, 1.807) is 12.1 Å². The molecule has 2 aromatic rings. The summed E-state index contributed by atoms with van der Waals surface area (Å²) < 4.78 is 0.853. The van der Waals surface area contributed by atoms with Crippen molar-refractivity contribution in [2.24, 2.45) is 0 Å². The van der Waals surface area contributed by atoms with Crippen LogP contribution in [-0.4, -0.2) is 11.0 Å². The van der Waals surface area contributed by atoms with Crippen molar-refractivity contribution in [3.63, 3.8) is 0 Å². The first-order valence-corrected chi connectivity index (χ1v) is 8.68. The third-order valence-corrected chi connectivity index (χ3v) is 4.36. The van der Waals surface area contributed by atoms with Crippen LogP contribution in [-0.2, 0) is 0 Å². The summed E-state index contributed by atoms with van der Waals surface area (Å²) in [6, 6.07) is 15.2. The molecule has 2 rings (SSSR count). The summed E-state index contributed by atoms with van der Waals surface area (Å²) in [5, 5.41) is 6.14. The number of amides is 1. The summed E-state index contributed by atoms with van der Waals surface area (Å²) in [6.45, 7) is 4.32. The molecular weight excluding hydrogens is 372 g/mol. The van der Waals surface area contributed by atoms with E-state index in [-0.39, 0.29) is 5.91 Å². The first kappa shape index (κ1) is 17.6. The average molecular weight is 391 g/mol. The molecule has 3 nitrogen and oxygen atoms in total. The van der Waals surface area contributed by atoms with Gasteiger partial charge in [0.1, 0.15) is 0 Å². The van der Waals surface area contributed by atoms with Crippen LogP contribution in [0.4, 0.5) is 5.69 Å². The Bertz CT molecular complexity index is 718. The van der Waals surface area contributed by atoms with Crippen molar-refractivity contribution in [1.29, 1.82) is 0 Å². The van der Waals surface area contributed by atoms with E-state index in [1.165, 1.54) is 5.56 Å². The maximum absolute atomic E-state index is 12.2. The van der Waals surface area contributed by atoms with Gasteiger partial charge in [0.05, 0.1) is 0 Å². The fraction of sp³-hybridized carbons (Fsp3) is 0.222. The molecular formula is C18H19BrN2OS. The van der Waals surface area contributed by atoms with Crippen LogP contribution in [0.25, 0.3) is 0 Å². The van der Waals surface area contributed by atoms with Crippen molar-refractivity contribution < 1.29 is 4.79 Å². The summed E-state index contributed by atoms with van der Waals surface area (Å²) in [4.78, 5) is 12.2. The van der Waals surface area contributed by atoms with Gasteiger partial charge in [-0.1, -0.05) is 54.0 Å².